The number of fused-ring (bicyclic) bond motifs is 1. The second-order valence-corrected chi connectivity index (χ2v) is 5.67. The van der Waals surface area contributed by atoms with E-state index in [9.17, 15) is 9.59 Å². The zero-order valence-corrected chi connectivity index (χ0v) is 13.1. The molecule has 0 N–H and O–H groups in total. The van der Waals surface area contributed by atoms with Crippen LogP contribution in [-0.2, 0) is 20.9 Å². The average molecular weight is 316 g/mol. The molecule has 2 heterocycles. The summed E-state index contributed by atoms with van der Waals surface area (Å²) in [7, 11) is 0. The van der Waals surface area contributed by atoms with E-state index in [1.807, 2.05) is 24.3 Å². The van der Waals surface area contributed by atoms with E-state index < -0.39 is 0 Å². The molecule has 0 aliphatic carbocycles. The molecule has 1 aliphatic rings. The summed E-state index contributed by atoms with van der Waals surface area (Å²) in [5.41, 5.74) is 1.60. The topological polar surface area (TPSA) is 77.3 Å². The van der Waals surface area contributed by atoms with E-state index in [1.165, 1.54) is 0 Å². The van der Waals surface area contributed by atoms with Gasteiger partial charge in [-0.2, -0.15) is 0 Å². The van der Waals surface area contributed by atoms with E-state index in [1.54, 1.807) is 16.5 Å². The number of rotatable bonds is 4. The molecular weight excluding hydrogens is 296 g/mol. The number of carbonyl (C=O) groups excluding carboxylic acids is 2. The molecule has 122 valence electrons. The highest BCUT2D eigenvalue weighted by Gasteiger charge is 2.29. The van der Waals surface area contributed by atoms with Crippen molar-refractivity contribution >= 4 is 22.9 Å². The molecule has 1 aliphatic heterocycles. The number of hydrogen-bond acceptors (Lipinski definition) is 5. The maximum absolute atomic E-state index is 12.5. The van der Waals surface area contributed by atoms with Gasteiger partial charge in [0, 0.05) is 13.1 Å². The van der Waals surface area contributed by atoms with Crippen molar-refractivity contribution in [2.45, 2.75) is 26.3 Å². The first-order valence-electron chi connectivity index (χ1n) is 7.91. The molecule has 7 nitrogen and oxygen atoms in total. The van der Waals surface area contributed by atoms with Gasteiger partial charge in [0.25, 0.3) is 0 Å². The summed E-state index contributed by atoms with van der Waals surface area (Å²) in [4.78, 5) is 26.1. The zero-order chi connectivity index (χ0) is 16.2. The highest BCUT2D eigenvalue weighted by molar-refractivity contribution is 5.81. The van der Waals surface area contributed by atoms with E-state index in [4.69, 9.17) is 4.74 Å². The summed E-state index contributed by atoms with van der Waals surface area (Å²) in [6.45, 7) is 3.38. The van der Waals surface area contributed by atoms with E-state index in [0.29, 0.717) is 19.7 Å². The van der Waals surface area contributed by atoms with Gasteiger partial charge in [0.15, 0.2) is 0 Å². The van der Waals surface area contributed by atoms with Crippen molar-refractivity contribution in [1.82, 2.24) is 19.9 Å². The quantitative estimate of drug-likeness (QED) is 0.793. The summed E-state index contributed by atoms with van der Waals surface area (Å²) in [5, 5.41) is 8.09. The van der Waals surface area contributed by atoms with E-state index >= 15 is 0 Å². The Kier molecular flexibility index (Phi) is 4.55. The summed E-state index contributed by atoms with van der Waals surface area (Å²) in [6.07, 6.45) is 1.59. The number of likely N-dealkylation sites (tertiary alicyclic amines) is 1. The molecule has 1 saturated heterocycles. The second kappa shape index (κ2) is 6.76. The van der Waals surface area contributed by atoms with Gasteiger partial charge in [0.2, 0.25) is 5.91 Å². The zero-order valence-electron chi connectivity index (χ0n) is 13.1. The number of ether oxygens (including phenoxy) is 1. The molecular formula is C16H20N4O3. The SMILES string of the molecule is CCOC(=O)[C@@H]1CCCN(C(=O)Cn2nnc3ccccc32)C1. The van der Waals surface area contributed by atoms with Gasteiger partial charge in [0.05, 0.1) is 18.0 Å². The maximum atomic E-state index is 12.5. The van der Waals surface area contributed by atoms with Gasteiger partial charge < -0.3 is 9.64 Å². The lowest BCUT2D eigenvalue weighted by Gasteiger charge is -2.31. The lowest BCUT2D eigenvalue weighted by molar-refractivity contribution is -0.151. The molecule has 23 heavy (non-hydrogen) atoms. The molecule has 0 bridgehead atoms. The van der Waals surface area contributed by atoms with Crippen molar-refractivity contribution in [3.63, 3.8) is 0 Å². The Morgan fingerprint density at radius 2 is 2.17 bits per heavy atom. The summed E-state index contributed by atoms with van der Waals surface area (Å²) in [6, 6.07) is 7.53. The monoisotopic (exact) mass is 316 g/mol. The van der Waals surface area contributed by atoms with Crippen LogP contribution in [0.2, 0.25) is 0 Å². The number of aromatic nitrogens is 3. The fourth-order valence-corrected chi connectivity index (χ4v) is 2.92. The number of amides is 1. The minimum atomic E-state index is -0.222. The minimum absolute atomic E-state index is 0.0466. The molecule has 3 rings (SSSR count). The largest absolute Gasteiger partial charge is 0.466 e. The number of para-hydroxylation sites is 1. The van der Waals surface area contributed by atoms with Crippen LogP contribution >= 0.6 is 0 Å². The highest BCUT2D eigenvalue weighted by atomic mass is 16.5. The fraction of sp³-hybridized carbons (Fsp3) is 0.500. The number of piperidine rings is 1. The normalized spacial score (nSPS) is 18.1. The molecule has 7 heteroatoms. The van der Waals surface area contributed by atoms with Crippen LogP contribution in [0.5, 0.6) is 0 Å². The van der Waals surface area contributed by atoms with Gasteiger partial charge in [-0.15, -0.1) is 5.10 Å². The average Bonchev–Trinajstić information content (AvgIpc) is 2.98. The van der Waals surface area contributed by atoms with Gasteiger partial charge >= 0.3 is 5.97 Å². The number of benzene rings is 1. The van der Waals surface area contributed by atoms with Crippen molar-refractivity contribution in [3.05, 3.63) is 24.3 Å². The smallest absolute Gasteiger partial charge is 0.310 e. The Bertz CT molecular complexity index is 712. The van der Waals surface area contributed by atoms with Gasteiger partial charge in [-0.1, -0.05) is 17.3 Å². The van der Waals surface area contributed by atoms with Crippen molar-refractivity contribution in [3.8, 4) is 0 Å². The first-order chi connectivity index (χ1) is 11.2. The van der Waals surface area contributed by atoms with Crippen LogP contribution < -0.4 is 0 Å². The lowest BCUT2D eigenvalue weighted by atomic mass is 9.98. The first kappa shape index (κ1) is 15.5. The molecule has 1 aromatic carbocycles. The van der Waals surface area contributed by atoms with Crippen molar-refractivity contribution < 1.29 is 14.3 Å². The minimum Gasteiger partial charge on any atom is -0.466 e. The third-order valence-electron chi connectivity index (χ3n) is 4.10. The second-order valence-electron chi connectivity index (χ2n) is 5.67. The summed E-state index contributed by atoms with van der Waals surface area (Å²) in [5.74, 6) is -0.481. The predicted molar refractivity (Wildman–Crippen MR) is 83.5 cm³/mol. The Hall–Kier alpha value is -2.44. The molecule has 0 radical (unpaired) electrons. The van der Waals surface area contributed by atoms with Crippen LogP contribution in [0.1, 0.15) is 19.8 Å². The highest BCUT2D eigenvalue weighted by Crippen LogP contribution is 2.19. The molecule has 1 fully saturated rings. The number of carbonyl (C=O) groups is 2. The summed E-state index contributed by atoms with van der Waals surface area (Å²) < 4.78 is 6.67. The van der Waals surface area contributed by atoms with Crippen LogP contribution in [0, 0.1) is 5.92 Å². The van der Waals surface area contributed by atoms with E-state index in [0.717, 1.165) is 23.9 Å². The molecule has 1 amide bonds. The maximum Gasteiger partial charge on any atom is 0.310 e. The molecule has 2 aromatic rings. The van der Waals surface area contributed by atoms with Crippen molar-refractivity contribution in [1.29, 1.82) is 0 Å². The predicted octanol–water partition coefficient (Wildman–Crippen LogP) is 1.23. The summed E-state index contributed by atoms with van der Waals surface area (Å²) >= 11 is 0. The third-order valence-corrected chi connectivity index (χ3v) is 4.10. The molecule has 0 unspecified atom stereocenters. The van der Waals surface area contributed by atoms with Crippen LogP contribution in [0.15, 0.2) is 24.3 Å². The van der Waals surface area contributed by atoms with Crippen LogP contribution in [0.4, 0.5) is 0 Å². The standard InChI is InChI=1S/C16H20N4O3/c1-2-23-16(22)12-6-5-9-19(10-12)15(21)11-20-14-8-4-3-7-13(14)17-18-20/h3-4,7-8,12H,2,5-6,9-11H2,1H3/t12-/m1/s1. The fourth-order valence-electron chi connectivity index (χ4n) is 2.92. The Morgan fingerprint density at radius 3 is 3.00 bits per heavy atom. The van der Waals surface area contributed by atoms with Crippen LogP contribution in [0.25, 0.3) is 11.0 Å². The van der Waals surface area contributed by atoms with Gasteiger partial charge in [0.1, 0.15) is 12.1 Å². The van der Waals surface area contributed by atoms with Gasteiger partial charge in [-0.05, 0) is 31.9 Å². The third kappa shape index (κ3) is 3.33. The Labute approximate surface area is 134 Å². The number of nitrogens with zero attached hydrogens (tertiary/aromatic N) is 4. The molecule has 1 aromatic heterocycles. The van der Waals surface area contributed by atoms with E-state index in [-0.39, 0.29) is 24.3 Å². The molecule has 0 saturated carbocycles. The van der Waals surface area contributed by atoms with Gasteiger partial charge in [-0.3, -0.25) is 9.59 Å². The Morgan fingerprint density at radius 1 is 1.35 bits per heavy atom. The number of esters is 1. The molecule has 0 spiro atoms. The van der Waals surface area contributed by atoms with Crippen LogP contribution in [0.3, 0.4) is 0 Å². The Balaban J connectivity index is 1.67. The number of hydrogen-bond donors (Lipinski definition) is 0. The lowest BCUT2D eigenvalue weighted by Crippen LogP contribution is -2.44. The molecule has 1 atom stereocenters. The van der Waals surface area contributed by atoms with Crippen molar-refractivity contribution in [2.75, 3.05) is 19.7 Å². The van der Waals surface area contributed by atoms with E-state index in [2.05, 4.69) is 10.3 Å². The van der Waals surface area contributed by atoms with Crippen LogP contribution in [-0.4, -0.2) is 51.5 Å². The first-order valence-corrected chi connectivity index (χ1v) is 7.91. The van der Waals surface area contributed by atoms with Gasteiger partial charge in [-0.25, -0.2) is 4.68 Å². The van der Waals surface area contributed by atoms with Crippen molar-refractivity contribution in [2.24, 2.45) is 5.92 Å².